The predicted molar refractivity (Wildman–Crippen MR) is 103 cm³/mol. The minimum Gasteiger partial charge on any atom is -0.502 e. The van der Waals surface area contributed by atoms with Gasteiger partial charge >= 0.3 is 5.69 Å². The monoisotopic (exact) mass is 378 g/mol. The van der Waals surface area contributed by atoms with E-state index < -0.39 is 16.4 Å². The van der Waals surface area contributed by atoms with Crippen molar-refractivity contribution in [2.24, 2.45) is 5.10 Å². The minimum absolute atomic E-state index is 0.0987. The van der Waals surface area contributed by atoms with Gasteiger partial charge in [-0.3, -0.25) is 15.5 Å². The number of phenols is 1. The van der Waals surface area contributed by atoms with Crippen LogP contribution in [0.4, 0.5) is 11.4 Å². The Balaban J connectivity index is 2.11. The lowest BCUT2D eigenvalue weighted by Gasteiger charge is -2.12. The second-order valence-electron chi connectivity index (χ2n) is 5.21. The van der Waals surface area contributed by atoms with Gasteiger partial charge in [0.05, 0.1) is 11.1 Å². The number of hydrogen-bond donors (Lipinski definition) is 3. The van der Waals surface area contributed by atoms with Crippen molar-refractivity contribution >= 4 is 46.5 Å². The summed E-state index contributed by atoms with van der Waals surface area (Å²) >= 11 is 11.0. The maximum atomic E-state index is 10.9. The van der Waals surface area contributed by atoms with E-state index in [1.54, 1.807) is 0 Å². The molecule has 0 bridgehead atoms. The molecule has 0 aliphatic carbocycles. The van der Waals surface area contributed by atoms with Crippen molar-refractivity contribution in [3.8, 4) is 5.75 Å². The van der Waals surface area contributed by atoms with E-state index in [1.165, 1.54) is 12.3 Å². The van der Waals surface area contributed by atoms with E-state index >= 15 is 0 Å². The van der Waals surface area contributed by atoms with Crippen LogP contribution in [-0.2, 0) is 0 Å². The fourth-order valence-electron chi connectivity index (χ4n) is 2.16. The van der Waals surface area contributed by atoms with Crippen LogP contribution in [0.15, 0.2) is 35.4 Å². The number of halogens is 1. The Morgan fingerprint density at radius 3 is 2.60 bits per heavy atom. The van der Waals surface area contributed by atoms with E-state index in [9.17, 15) is 15.2 Å². The van der Waals surface area contributed by atoms with Gasteiger partial charge in [0.15, 0.2) is 5.11 Å². The molecule has 0 radical (unpaired) electrons. The number of anilines is 1. The number of nitrogens with zero attached hydrogens (tertiary/aromatic N) is 2. The van der Waals surface area contributed by atoms with Gasteiger partial charge in [0.1, 0.15) is 0 Å². The summed E-state index contributed by atoms with van der Waals surface area (Å²) in [5, 5.41) is 28.0. The van der Waals surface area contributed by atoms with E-state index in [0.29, 0.717) is 0 Å². The van der Waals surface area contributed by atoms with Gasteiger partial charge in [0.25, 0.3) is 0 Å². The second-order valence-corrected chi connectivity index (χ2v) is 6.06. The Morgan fingerprint density at radius 1 is 1.36 bits per heavy atom. The Morgan fingerprint density at radius 2 is 2.00 bits per heavy atom. The maximum Gasteiger partial charge on any atom is 0.312 e. The van der Waals surface area contributed by atoms with Crippen molar-refractivity contribution < 1.29 is 10.0 Å². The van der Waals surface area contributed by atoms with Crippen LogP contribution < -0.4 is 10.7 Å². The smallest absolute Gasteiger partial charge is 0.312 e. The summed E-state index contributed by atoms with van der Waals surface area (Å²) in [4.78, 5) is 10.1. The highest BCUT2D eigenvalue weighted by Gasteiger charge is 2.17. The number of aryl methyl sites for hydroxylation is 2. The first-order valence-electron chi connectivity index (χ1n) is 7.12. The van der Waals surface area contributed by atoms with Crippen LogP contribution in [0.1, 0.15) is 16.7 Å². The quantitative estimate of drug-likeness (QED) is 0.323. The molecule has 0 saturated heterocycles. The topological polar surface area (TPSA) is 99.8 Å². The average molecular weight is 379 g/mol. The van der Waals surface area contributed by atoms with Gasteiger partial charge in [-0.05, 0) is 43.3 Å². The number of hydrogen-bond acceptors (Lipinski definition) is 5. The molecule has 0 unspecified atom stereocenters. The van der Waals surface area contributed by atoms with E-state index in [4.69, 9.17) is 23.8 Å². The largest absolute Gasteiger partial charge is 0.502 e. The Bertz CT molecular complexity index is 850. The lowest BCUT2D eigenvalue weighted by Crippen LogP contribution is -2.24. The predicted octanol–water partition coefficient (Wildman–Crippen LogP) is 3.89. The van der Waals surface area contributed by atoms with Crippen molar-refractivity contribution in [1.29, 1.82) is 0 Å². The summed E-state index contributed by atoms with van der Waals surface area (Å²) in [7, 11) is 0. The molecule has 3 N–H and O–H groups in total. The summed E-state index contributed by atoms with van der Waals surface area (Å²) in [6, 6.07) is 8.26. The third kappa shape index (κ3) is 4.65. The summed E-state index contributed by atoms with van der Waals surface area (Å²) in [6.07, 6.45) is 1.20. The number of benzene rings is 2. The molecule has 7 nitrogen and oxygen atoms in total. The molecule has 0 saturated carbocycles. The zero-order valence-corrected chi connectivity index (χ0v) is 15.0. The normalized spacial score (nSPS) is 10.7. The molecule has 2 aromatic carbocycles. The molecule has 0 aromatic heterocycles. The molecular weight excluding hydrogens is 364 g/mol. The molecule has 0 aliphatic rings. The van der Waals surface area contributed by atoms with Gasteiger partial charge in [-0.15, -0.1) is 0 Å². The third-order valence-corrected chi connectivity index (χ3v) is 3.78. The molecule has 0 spiro atoms. The number of rotatable bonds is 4. The van der Waals surface area contributed by atoms with Crippen molar-refractivity contribution in [1.82, 2.24) is 5.43 Å². The third-order valence-electron chi connectivity index (χ3n) is 3.37. The highest BCUT2D eigenvalue weighted by Crippen LogP contribution is 2.32. The number of para-hydroxylation sites is 1. The van der Waals surface area contributed by atoms with Gasteiger partial charge in [-0.1, -0.05) is 29.8 Å². The van der Waals surface area contributed by atoms with Crippen molar-refractivity contribution in [2.45, 2.75) is 13.8 Å². The van der Waals surface area contributed by atoms with Crippen LogP contribution in [0.3, 0.4) is 0 Å². The van der Waals surface area contributed by atoms with Crippen molar-refractivity contribution in [2.75, 3.05) is 5.32 Å². The first-order valence-corrected chi connectivity index (χ1v) is 7.91. The lowest BCUT2D eigenvalue weighted by molar-refractivity contribution is -0.385. The molecule has 0 atom stereocenters. The van der Waals surface area contributed by atoms with E-state index in [2.05, 4.69) is 15.8 Å². The number of thiocarbonyl (C=S) groups is 1. The molecule has 2 aromatic rings. The number of nitro groups is 1. The van der Waals surface area contributed by atoms with Crippen LogP contribution in [0.25, 0.3) is 0 Å². The highest BCUT2D eigenvalue weighted by molar-refractivity contribution is 7.80. The second kappa shape index (κ2) is 7.91. The number of hydrazone groups is 1. The SMILES string of the molecule is Cc1cccc(C)c1NC(=S)NN=Cc1cc(Cl)cc([N+](=O)[O-])c1O. The molecule has 25 heavy (non-hydrogen) atoms. The first kappa shape index (κ1) is 18.6. The first-order chi connectivity index (χ1) is 11.8. The Kier molecular flexibility index (Phi) is 5.89. The van der Waals surface area contributed by atoms with Crippen molar-refractivity contribution in [3.63, 3.8) is 0 Å². The highest BCUT2D eigenvalue weighted by atomic mass is 35.5. The molecular formula is C16H15ClN4O3S. The van der Waals surface area contributed by atoms with Crippen LogP contribution in [0.5, 0.6) is 5.75 Å². The van der Waals surface area contributed by atoms with Crippen molar-refractivity contribution in [3.05, 3.63) is 62.2 Å². The summed E-state index contributed by atoms with van der Waals surface area (Å²) in [6.45, 7) is 3.90. The number of aromatic hydroxyl groups is 1. The molecule has 2 rings (SSSR count). The molecule has 9 heteroatoms. The van der Waals surface area contributed by atoms with Gasteiger partial charge in [0.2, 0.25) is 5.75 Å². The molecule has 0 fully saturated rings. The van der Waals surface area contributed by atoms with E-state index in [1.807, 2.05) is 32.0 Å². The van der Waals surface area contributed by atoms with Gasteiger partial charge in [0, 0.05) is 22.3 Å². The van der Waals surface area contributed by atoms with Crippen LogP contribution in [-0.4, -0.2) is 21.4 Å². The van der Waals surface area contributed by atoms with Gasteiger partial charge < -0.3 is 10.4 Å². The van der Waals surface area contributed by atoms with Crippen LogP contribution in [0, 0.1) is 24.0 Å². The van der Waals surface area contributed by atoms with E-state index in [0.717, 1.165) is 22.9 Å². The summed E-state index contributed by atoms with van der Waals surface area (Å²) < 4.78 is 0. The molecule has 0 heterocycles. The van der Waals surface area contributed by atoms with Crippen LogP contribution >= 0.6 is 23.8 Å². The van der Waals surface area contributed by atoms with Crippen LogP contribution in [0.2, 0.25) is 5.02 Å². The van der Waals surface area contributed by atoms with Gasteiger partial charge in [-0.2, -0.15) is 5.10 Å². The number of nitrogens with one attached hydrogen (secondary N) is 2. The number of nitro benzene ring substituents is 1. The molecule has 0 amide bonds. The molecule has 0 aliphatic heterocycles. The zero-order valence-electron chi connectivity index (χ0n) is 13.4. The fraction of sp³-hybridized carbons (Fsp3) is 0.125. The summed E-state index contributed by atoms with van der Waals surface area (Å²) in [5.41, 5.74) is 5.12. The zero-order chi connectivity index (χ0) is 18.6. The fourth-order valence-corrected chi connectivity index (χ4v) is 2.53. The van der Waals surface area contributed by atoms with E-state index in [-0.39, 0.29) is 15.7 Å². The Labute approximate surface area is 154 Å². The molecule has 130 valence electrons. The Hall–Kier alpha value is -2.71. The average Bonchev–Trinajstić information content (AvgIpc) is 2.53. The van der Waals surface area contributed by atoms with Gasteiger partial charge in [-0.25, -0.2) is 0 Å². The summed E-state index contributed by atoms with van der Waals surface area (Å²) in [5.74, 6) is -0.520. The maximum absolute atomic E-state index is 10.9. The minimum atomic E-state index is -0.723. The number of phenolic OH excluding ortho intramolecular Hbond substituents is 1. The standard InChI is InChI=1S/C16H15ClN4O3S/c1-9-4-3-5-10(2)14(9)19-16(25)20-18-8-11-6-12(17)7-13(15(11)22)21(23)24/h3-8,22H,1-2H3,(H2,19,20,25). The lowest BCUT2D eigenvalue weighted by atomic mass is 10.1.